The van der Waals surface area contributed by atoms with Crippen LogP contribution in [0.2, 0.25) is 5.02 Å². The third kappa shape index (κ3) is 4.53. The SMILES string of the molecule is N#CNC1=NC(c2ccc(Oc3ncc(C(F)(F)F)cc3Cl)cc2)c2c(nc(N)c(C#N)c2N)N1. The summed E-state index contributed by atoms with van der Waals surface area (Å²) in [6, 6.07) is 8.12. The number of benzene rings is 1. The minimum Gasteiger partial charge on any atom is -0.438 e. The molecule has 3 aromatic rings. The zero-order valence-corrected chi connectivity index (χ0v) is 18.1. The lowest BCUT2D eigenvalue weighted by Gasteiger charge is -2.26. The van der Waals surface area contributed by atoms with Gasteiger partial charge in [0.15, 0.2) is 6.19 Å². The van der Waals surface area contributed by atoms with E-state index in [1.807, 2.05) is 6.07 Å². The van der Waals surface area contributed by atoms with Crippen LogP contribution in [0.4, 0.5) is 30.5 Å². The van der Waals surface area contributed by atoms with E-state index in [-0.39, 0.29) is 45.5 Å². The van der Waals surface area contributed by atoms with Gasteiger partial charge in [-0.1, -0.05) is 23.7 Å². The quantitative estimate of drug-likeness (QED) is 0.308. The Balaban J connectivity index is 1.68. The molecule has 0 spiro atoms. The van der Waals surface area contributed by atoms with Crippen molar-refractivity contribution in [3.63, 3.8) is 0 Å². The van der Waals surface area contributed by atoms with Crippen molar-refractivity contribution < 1.29 is 17.9 Å². The van der Waals surface area contributed by atoms with Crippen molar-refractivity contribution in [1.29, 1.82) is 10.5 Å². The molecule has 0 amide bonds. The Bertz CT molecular complexity index is 1430. The van der Waals surface area contributed by atoms with E-state index in [0.717, 1.165) is 6.07 Å². The Hall–Kier alpha value is -4.75. The van der Waals surface area contributed by atoms with E-state index in [4.69, 9.17) is 33.1 Å². The van der Waals surface area contributed by atoms with Gasteiger partial charge in [0.2, 0.25) is 11.8 Å². The highest BCUT2D eigenvalue weighted by Gasteiger charge is 2.32. The van der Waals surface area contributed by atoms with Gasteiger partial charge in [-0.25, -0.2) is 15.0 Å². The van der Waals surface area contributed by atoms with Crippen LogP contribution in [-0.4, -0.2) is 15.9 Å². The lowest BCUT2D eigenvalue weighted by molar-refractivity contribution is -0.137. The van der Waals surface area contributed by atoms with E-state index in [0.29, 0.717) is 17.3 Å². The van der Waals surface area contributed by atoms with Gasteiger partial charge in [0.1, 0.15) is 40.1 Å². The predicted octanol–water partition coefficient (Wildman–Crippen LogP) is 3.92. The second-order valence-electron chi connectivity index (χ2n) is 7.08. The molecule has 0 bridgehead atoms. The summed E-state index contributed by atoms with van der Waals surface area (Å²) < 4.78 is 44.0. The maximum absolute atomic E-state index is 12.8. The third-order valence-electron chi connectivity index (χ3n) is 4.90. The summed E-state index contributed by atoms with van der Waals surface area (Å²) in [6.07, 6.45) is -2.22. The molecule has 1 aliphatic rings. The van der Waals surface area contributed by atoms with Gasteiger partial charge in [0.25, 0.3) is 0 Å². The number of guanidine groups is 1. The summed E-state index contributed by atoms with van der Waals surface area (Å²) in [7, 11) is 0. The number of nitrogens with two attached hydrogens (primary N) is 2. The van der Waals surface area contributed by atoms with Gasteiger partial charge in [-0.3, -0.25) is 5.32 Å². The van der Waals surface area contributed by atoms with Crippen molar-refractivity contribution in [2.24, 2.45) is 4.99 Å². The Morgan fingerprint density at radius 3 is 2.49 bits per heavy atom. The van der Waals surface area contributed by atoms with Crippen molar-refractivity contribution in [2.75, 3.05) is 16.8 Å². The summed E-state index contributed by atoms with van der Waals surface area (Å²) in [6.45, 7) is 0. The summed E-state index contributed by atoms with van der Waals surface area (Å²) in [5.74, 6) is 0.246. The van der Waals surface area contributed by atoms with Gasteiger partial charge < -0.3 is 21.5 Å². The van der Waals surface area contributed by atoms with Crippen molar-refractivity contribution >= 4 is 34.9 Å². The maximum atomic E-state index is 12.8. The summed E-state index contributed by atoms with van der Waals surface area (Å²) in [5, 5.41) is 23.3. The van der Waals surface area contributed by atoms with Crippen LogP contribution >= 0.6 is 11.6 Å². The first kappa shape index (κ1) is 23.4. The minimum absolute atomic E-state index is 0.00887. The fraction of sp³-hybridized carbons (Fsp3) is 0.0952. The first-order valence-electron chi connectivity index (χ1n) is 9.61. The van der Waals surface area contributed by atoms with Gasteiger partial charge in [0.05, 0.1) is 11.3 Å². The molecule has 1 aliphatic heterocycles. The number of fused-ring (bicyclic) bond motifs is 1. The van der Waals surface area contributed by atoms with E-state index in [1.54, 1.807) is 18.3 Å². The molecule has 0 aliphatic carbocycles. The normalized spacial score (nSPS) is 14.6. The van der Waals surface area contributed by atoms with E-state index in [2.05, 4.69) is 25.6 Å². The molecule has 176 valence electrons. The number of alkyl halides is 3. The van der Waals surface area contributed by atoms with E-state index in [9.17, 15) is 18.4 Å². The summed E-state index contributed by atoms with van der Waals surface area (Å²) in [5.41, 5.74) is 12.0. The lowest BCUT2D eigenvalue weighted by Crippen LogP contribution is -2.32. The smallest absolute Gasteiger partial charge is 0.417 e. The van der Waals surface area contributed by atoms with Crippen LogP contribution in [0.5, 0.6) is 11.6 Å². The molecular weight excluding hydrogens is 487 g/mol. The molecule has 4 rings (SSSR count). The van der Waals surface area contributed by atoms with E-state index in [1.165, 1.54) is 12.1 Å². The van der Waals surface area contributed by atoms with E-state index < -0.39 is 17.8 Å². The highest BCUT2D eigenvalue weighted by Crippen LogP contribution is 2.41. The fourth-order valence-electron chi connectivity index (χ4n) is 3.31. The average molecular weight is 500 g/mol. The number of halogens is 4. The molecule has 1 atom stereocenters. The maximum Gasteiger partial charge on any atom is 0.417 e. The van der Waals surface area contributed by atoms with Gasteiger partial charge in [-0.05, 0) is 23.8 Å². The van der Waals surface area contributed by atoms with Crippen LogP contribution in [0, 0.1) is 22.8 Å². The number of rotatable bonds is 3. The van der Waals surface area contributed by atoms with Gasteiger partial charge >= 0.3 is 6.18 Å². The Kier molecular flexibility index (Phi) is 5.94. The molecule has 14 heteroatoms. The highest BCUT2D eigenvalue weighted by atomic mass is 35.5. The zero-order chi connectivity index (χ0) is 25.3. The number of ether oxygens (including phenoxy) is 1. The first-order valence-corrected chi connectivity index (χ1v) is 9.99. The van der Waals surface area contributed by atoms with Crippen molar-refractivity contribution in [2.45, 2.75) is 12.2 Å². The number of nitrogens with one attached hydrogen (secondary N) is 2. The highest BCUT2D eigenvalue weighted by molar-refractivity contribution is 6.31. The second kappa shape index (κ2) is 8.89. The number of hydrogen-bond acceptors (Lipinski definition) is 10. The number of hydrogen-bond donors (Lipinski definition) is 4. The Morgan fingerprint density at radius 2 is 1.89 bits per heavy atom. The molecule has 0 radical (unpaired) electrons. The van der Waals surface area contributed by atoms with Crippen molar-refractivity contribution in [3.8, 4) is 23.9 Å². The van der Waals surface area contributed by atoms with Crippen LogP contribution in [0.15, 0.2) is 41.5 Å². The van der Waals surface area contributed by atoms with Crippen molar-refractivity contribution in [1.82, 2.24) is 15.3 Å². The number of aromatic nitrogens is 2. The molecule has 6 N–H and O–H groups in total. The van der Waals surface area contributed by atoms with Gasteiger partial charge in [0, 0.05) is 11.8 Å². The lowest BCUT2D eigenvalue weighted by atomic mass is 9.95. The first-order chi connectivity index (χ1) is 16.6. The zero-order valence-electron chi connectivity index (χ0n) is 17.4. The molecule has 1 aromatic carbocycles. The predicted molar refractivity (Wildman–Crippen MR) is 120 cm³/mol. The molecule has 0 saturated heterocycles. The molecule has 35 heavy (non-hydrogen) atoms. The molecule has 2 aromatic heterocycles. The molecule has 1 unspecified atom stereocenters. The summed E-state index contributed by atoms with van der Waals surface area (Å²) in [4.78, 5) is 12.2. The average Bonchev–Trinajstić information content (AvgIpc) is 2.80. The standard InChI is InChI=1S/C21H13ClF3N9O/c22-13-5-10(21(23,24)25)7-30-19(13)35-11-3-1-9(2-4-11)16-14-15(28)12(6-26)17(29)33-18(14)34-20(32-16)31-8-27/h1-5,7,16H,(H6,28,29,31,32,33,34). The number of aliphatic imine (C=N–C) groups is 1. The second-order valence-corrected chi connectivity index (χ2v) is 7.49. The van der Waals surface area contributed by atoms with Crippen LogP contribution in [0.25, 0.3) is 0 Å². The van der Waals surface area contributed by atoms with Crippen LogP contribution in [0.3, 0.4) is 0 Å². The van der Waals surface area contributed by atoms with Crippen LogP contribution in [0.1, 0.15) is 28.3 Å². The summed E-state index contributed by atoms with van der Waals surface area (Å²) >= 11 is 5.90. The molecule has 0 saturated carbocycles. The minimum atomic E-state index is -4.59. The fourth-order valence-corrected chi connectivity index (χ4v) is 3.51. The topological polar surface area (TPSA) is 171 Å². The van der Waals surface area contributed by atoms with E-state index >= 15 is 0 Å². The number of nitriles is 2. The van der Waals surface area contributed by atoms with Crippen molar-refractivity contribution in [3.05, 3.63) is 63.8 Å². The molecule has 3 heterocycles. The molecule has 0 fully saturated rings. The largest absolute Gasteiger partial charge is 0.438 e. The molecule has 10 nitrogen and oxygen atoms in total. The third-order valence-corrected chi connectivity index (χ3v) is 5.17. The number of pyridine rings is 2. The number of nitrogens with zero attached hydrogens (tertiary/aromatic N) is 5. The molecular formula is C21H13ClF3N9O. The monoisotopic (exact) mass is 499 g/mol. The van der Waals surface area contributed by atoms with Crippen LogP contribution in [-0.2, 0) is 6.18 Å². The Labute approximate surface area is 200 Å². The van der Waals surface area contributed by atoms with Gasteiger partial charge in [-0.2, -0.15) is 23.7 Å². The van der Waals surface area contributed by atoms with Crippen LogP contribution < -0.4 is 26.8 Å². The number of nitrogen functional groups attached to an aromatic ring is 2. The van der Waals surface area contributed by atoms with Gasteiger partial charge in [-0.15, -0.1) is 0 Å². The number of anilines is 3. The Morgan fingerprint density at radius 1 is 1.17 bits per heavy atom.